The van der Waals surface area contributed by atoms with Crippen LogP contribution in [0.3, 0.4) is 0 Å². The molecule has 0 aromatic carbocycles. The molecule has 1 N–H and O–H groups in total. The van der Waals surface area contributed by atoms with Crippen LogP contribution in [-0.4, -0.2) is 30.4 Å². The Balaban J connectivity index is 2.69. The van der Waals surface area contributed by atoms with Crippen molar-refractivity contribution < 1.29 is 14.3 Å². The quantitative estimate of drug-likeness (QED) is 0.762. The van der Waals surface area contributed by atoms with E-state index in [-0.39, 0.29) is 11.6 Å². The Morgan fingerprint density at radius 1 is 1.65 bits per heavy atom. The normalized spacial score (nSPS) is 11.9. The summed E-state index contributed by atoms with van der Waals surface area (Å²) in [5.74, 6) is -0.211. The Morgan fingerprint density at radius 2 is 2.41 bits per heavy atom. The lowest BCUT2D eigenvalue weighted by molar-refractivity contribution is -0.126. The third-order valence-corrected chi connectivity index (χ3v) is 2.30. The summed E-state index contributed by atoms with van der Waals surface area (Å²) in [5, 5.41) is 2.69. The van der Waals surface area contributed by atoms with Gasteiger partial charge in [0, 0.05) is 19.0 Å². The van der Waals surface area contributed by atoms with Crippen LogP contribution in [-0.2, 0) is 9.53 Å². The average Bonchev–Trinajstić information content (AvgIpc) is 2.36. The molecule has 1 unspecified atom stereocenters. The Labute approximate surface area is 100 Å². The van der Waals surface area contributed by atoms with Crippen molar-refractivity contribution in [2.24, 2.45) is 0 Å². The van der Waals surface area contributed by atoms with Crippen molar-refractivity contribution in [3.8, 4) is 0 Å². The minimum atomic E-state index is -0.465. The van der Waals surface area contributed by atoms with Crippen molar-refractivity contribution in [2.75, 3.05) is 12.4 Å². The van der Waals surface area contributed by atoms with Gasteiger partial charge in [-0.1, -0.05) is 13.3 Å². The van der Waals surface area contributed by atoms with E-state index in [4.69, 9.17) is 4.74 Å². The van der Waals surface area contributed by atoms with Gasteiger partial charge in [0.25, 0.3) is 5.91 Å². The van der Waals surface area contributed by atoms with Gasteiger partial charge in [0.2, 0.25) is 0 Å². The highest BCUT2D eigenvalue weighted by molar-refractivity contribution is 5.94. The SMILES string of the molecule is CCCC(OC)C(=O)Nc1ccnc(C=O)c1. The highest BCUT2D eigenvalue weighted by atomic mass is 16.5. The van der Waals surface area contributed by atoms with Crippen molar-refractivity contribution >= 4 is 17.9 Å². The summed E-state index contributed by atoms with van der Waals surface area (Å²) in [7, 11) is 1.50. The fraction of sp³-hybridized carbons (Fsp3) is 0.417. The van der Waals surface area contributed by atoms with E-state index in [9.17, 15) is 9.59 Å². The zero-order valence-corrected chi connectivity index (χ0v) is 9.97. The van der Waals surface area contributed by atoms with Crippen LogP contribution in [0.15, 0.2) is 18.3 Å². The maximum Gasteiger partial charge on any atom is 0.253 e. The number of anilines is 1. The molecule has 0 aliphatic rings. The van der Waals surface area contributed by atoms with E-state index >= 15 is 0 Å². The summed E-state index contributed by atoms with van der Waals surface area (Å²) < 4.78 is 5.08. The van der Waals surface area contributed by atoms with Crippen molar-refractivity contribution in [3.05, 3.63) is 24.0 Å². The standard InChI is InChI=1S/C12H16N2O3/c1-3-4-11(17-2)12(16)14-9-5-6-13-10(7-9)8-15/h5-8,11H,3-4H2,1-2H3,(H,13,14,16). The second-order valence-corrected chi connectivity index (χ2v) is 3.59. The summed E-state index contributed by atoms with van der Waals surface area (Å²) in [4.78, 5) is 26.1. The molecule has 0 spiro atoms. The van der Waals surface area contributed by atoms with Gasteiger partial charge in [0.1, 0.15) is 11.8 Å². The Bertz CT molecular complexity index is 393. The molecule has 5 heteroatoms. The highest BCUT2D eigenvalue weighted by Gasteiger charge is 2.16. The summed E-state index contributed by atoms with van der Waals surface area (Å²) in [6.45, 7) is 1.98. The first-order valence-corrected chi connectivity index (χ1v) is 5.46. The van der Waals surface area contributed by atoms with Gasteiger partial charge >= 0.3 is 0 Å². The van der Waals surface area contributed by atoms with Crippen LogP contribution < -0.4 is 5.32 Å². The van der Waals surface area contributed by atoms with Crippen LogP contribution in [0.5, 0.6) is 0 Å². The molecule has 1 atom stereocenters. The van der Waals surface area contributed by atoms with Gasteiger partial charge < -0.3 is 10.1 Å². The van der Waals surface area contributed by atoms with E-state index in [1.165, 1.54) is 19.4 Å². The number of pyridine rings is 1. The molecule has 0 bridgehead atoms. The molecule has 1 rings (SSSR count). The van der Waals surface area contributed by atoms with Crippen molar-refractivity contribution in [3.63, 3.8) is 0 Å². The minimum absolute atomic E-state index is 0.211. The molecule has 1 aromatic rings. The van der Waals surface area contributed by atoms with Gasteiger partial charge in [-0.05, 0) is 18.6 Å². The average molecular weight is 236 g/mol. The predicted octanol–water partition coefficient (Wildman–Crippen LogP) is 1.65. The zero-order chi connectivity index (χ0) is 12.7. The van der Waals surface area contributed by atoms with Gasteiger partial charge in [-0.2, -0.15) is 0 Å². The van der Waals surface area contributed by atoms with E-state index in [0.717, 1.165) is 6.42 Å². The number of methoxy groups -OCH3 is 1. The van der Waals surface area contributed by atoms with Crippen LogP contribution in [0.25, 0.3) is 0 Å². The lowest BCUT2D eigenvalue weighted by atomic mass is 10.2. The maximum absolute atomic E-state index is 11.8. The van der Waals surface area contributed by atoms with E-state index in [1.807, 2.05) is 6.92 Å². The van der Waals surface area contributed by atoms with Gasteiger partial charge in [-0.15, -0.1) is 0 Å². The molecule has 0 radical (unpaired) electrons. The fourth-order valence-corrected chi connectivity index (χ4v) is 1.43. The van der Waals surface area contributed by atoms with Gasteiger partial charge in [0.15, 0.2) is 6.29 Å². The van der Waals surface area contributed by atoms with E-state index in [2.05, 4.69) is 10.3 Å². The van der Waals surface area contributed by atoms with Crippen LogP contribution in [0.2, 0.25) is 0 Å². The first kappa shape index (κ1) is 13.3. The number of amides is 1. The number of nitrogens with zero attached hydrogens (tertiary/aromatic N) is 1. The zero-order valence-electron chi connectivity index (χ0n) is 9.97. The number of nitrogens with one attached hydrogen (secondary N) is 1. The smallest absolute Gasteiger partial charge is 0.253 e. The number of hydrogen-bond acceptors (Lipinski definition) is 4. The van der Waals surface area contributed by atoms with Gasteiger partial charge in [-0.3, -0.25) is 14.6 Å². The summed E-state index contributed by atoms with van der Waals surface area (Å²) in [5.41, 5.74) is 0.831. The molecular weight excluding hydrogens is 220 g/mol. The maximum atomic E-state index is 11.8. The molecule has 1 aromatic heterocycles. The van der Waals surface area contributed by atoms with Gasteiger partial charge in [-0.25, -0.2) is 0 Å². The van der Waals surface area contributed by atoms with Crippen LogP contribution >= 0.6 is 0 Å². The molecule has 0 saturated heterocycles. The number of aromatic nitrogens is 1. The minimum Gasteiger partial charge on any atom is -0.372 e. The first-order valence-electron chi connectivity index (χ1n) is 5.46. The number of carbonyl (C=O) groups is 2. The van der Waals surface area contributed by atoms with E-state index in [1.54, 1.807) is 6.07 Å². The van der Waals surface area contributed by atoms with Crippen LogP contribution in [0.4, 0.5) is 5.69 Å². The summed E-state index contributed by atoms with van der Waals surface area (Å²) in [6, 6.07) is 3.15. The Kier molecular flexibility index (Phi) is 5.29. The number of carbonyl (C=O) groups excluding carboxylic acids is 2. The molecule has 17 heavy (non-hydrogen) atoms. The van der Waals surface area contributed by atoms with Crippen LogP contribution in [0, 0.1) is 0 Å². The van der Waals surface area contributed by atoms with E-state index < -0.39 is 6.10 Å². The van der Waals surface area contributed by atoms with Crippen molar-refractivity contribution in [1.29, 1.82) is 0 Å². The molecule has 0 aliphatic heterocycles. The number of hydrogen-bond donors (Lipinski definition) is 1. The molecular formula is C12H16N2O3. The third kappa shape index (κ3) is 3.96. The summed E-state index contributed by atoms with van der Waals surface area (Å²) >= 11 is 0. The topological polar surface area (TPSA) is 68.3 Å². The third-order valence-electron chi connectivity index (χ3n) is 2.30. The Hall–Kier alpha value is -1.75. The Morgan fingerprint density at radius 3 is 3.00 bits per heavy atom. The van der Waals surface area contributed by atoms with Crippen LogP contribution in [0.1, 0.15) is 30.3 Å². The lowest BCUT2D eigenvalue weighted by Crippen LogP contribution is -2.29. The fourth-order valence-electron chi connectivity index (χ4n) is 1.43. The molecule has 0 fully saturated rings. The van der Waals surface area contributed by atoms with E-state index in [0.29, 0.717) is 18.4 Å². The second kappa shape index (κ2) is 6.75. The highest BCUT2D eigenvalue weighted by Crippen LogP contribution is 2.09. The number of ether oxygens (including phenoxy) is 1. The molecule has 5 nitrogen and oxygen atoms in total. The molecule has 1 amide bonds. The molecule has 92 valence electrons. The molecule has 0 aliphatic carbocycles. The largest absolute Gasteiger partial charge is 0.372 e. The molecule has 1 heterocycles. The predicted molar refractivity (Wildman–Crippen MR) is 64.0 cm³/mol. The number of aldehydes is 1. The lowest BCUT2D eigenvalue weighted by Gasteiger charge is -2.14. The van der Waals surface area contributed by atoms with Crippen molar-refractivity contribution in [2.45, 2.75) is 25.9 Å². The first-order chi connectivity index (χ1) is 8.21. The van der Waals surface area contributed by atoms with Gasteiger partial charge in [0.05, 0.1) is 0 Å². The summed E-state index contributed by atoms with van der Waals surface area (Å²) in [6.07, 6.45) is 3.17. The van der Waals surface area contributed by atoms with Crippen molar-refractivity contribution in [1.82, 2.24) is 4.98 Å². The second-order valence-electron chi connectivity index (χ2n) is 3.59. The monoisotopic (exact) mass is 236 g/mol. The molecule has 0 saturated carbocycles. The number of rotatable bonds is 6.